The number of benzene rings is 1. The van der Waals surface area contributed by atoms with Crippen LogP contribution >= 0.6 is 0 Å². The fraction of sp³-hybridized carbons (Fsp3) is 0.667. The van der Waals surface area contributed by atoms with Crippen molar-refractivity contribution < 1.29 is 22.7 Å². The molecule has 2 fully saturated rings. The van der Waals surface area contributed by atoms with Crippen LogP contribution in [0.3, 0.4) is 0 Å². The van der Waals surface area contributed by atoms with Crippen molar-refractivity contribution in [2.45, 2.75) is 45.5 Å². The van der Waals surface area contributed by atoms with Gasteiger partial charge in [-0.15, -0.1) is 13.2 Å². The number of ether oxygens (including phenoxy) is 1. The SMILES string of the molecule is CC(C)N1CCCN(C(=O)C2CCN(c3ccc(OC(F)(F)F)cc3)CC2)CC1. The van der Waals surface area contributed by atoms with E-state index in [1.807, 2.05) is 4.90 Å². The third-order valence-corrected chi connectivity index (χ3v) is 5.85. The Morgan fingerprint density at radius 3 is 2.24 bits per heavy atom. The Bertz CT molecular complexity index is 671. The molecule has 1 amide bonds. The van der Waals surface area contributed by atoms with Crippen LogP contribution in [0.2, 0.25) is 0 Å². The van der Waals surface area contributed by atoms with E-state index in [2.05, 4.69) is 28.4 Å². The van der Waals surface area contributed by atoms with E-state index in [4.69, 9.17) is 0 Å². The Morgan fingerprint density at radius 2 is 1.66 bits per heavy atom. The first-order chi connectivity index (χ1) is 13.7. The zero-order valence-corrected chi connectivity index (χ0v) is 17.1. The van der Waals surface area contributed by atoms with Crippen molar-refractivity contribution in [1.29, 1.82) is 0 Å². The monoisotopic (exact) mass is 413 g/mol. The summed E-state index contributed by atoms with van der Waals surface area (Å²) < 4.78 is 40.8. The standard InChI is InChI=1S/C21H30F3N3O2/c1-16(2)25-10-3-11-27(15-14-25)20(28)17-8-12-26(13-9-17)18-4-6-19(7-5-18)29-21(22,23)24/h4-7,16-17H,3,8-15H2,1-2H3. The van der Waals surface area contributed by atoms with Crippen molar-refractivity contribution in [2.75, 3.05) is 44.2 Å². The second-order valence-corrected chi connectivity index (χ2v) is 8.11. The molecule has 0 aromatic heterocycles. The third-order valence-electron chi connectivity index (χ3n) is 5.85. The molecule has 0 aliphatic carbocycles. The van der Waals surface area contributed by atoms with Crippen LogP contribution in [0.15, 0.2) is 24.3 Å². The molecule has 0 saturated carbocycles. The van der Waals surface area contributed by atoms with Crippen molar-refractivity contribution in [3.05, 3.63) is 24.3 Å². The molecule has 2 saturated heterocycles. The quantitative estimate of drug-likeness (QED) is 0.754. The second kappa shape index (κ2) is 9.24. The minimum absolute atomic E-state index is 0.0321. The number of hydrogen-bond donors (Lipinski definition) is 0. The van der Waals surface area contributed by atoms with Crippen molar-refractivity contribution in [3.63, 3.8) is 0 Å². The molecular formula is C21H30F3N3O2. The van der Waals surface area contributed by atoms with Crippen LogP contribution in [0.4, 0.5) is 18.9 Å². The highest BCUT2D eigenvalue weighted by Gasteiger charge is 2.32. The Kier molecular flexibility index (Phi) is 6.93. The van der Waals surface area contributed by atoms with Gasteiger partial charge in [-0.25, -0.2) is 0 Å². The van der Waals surface area contributed by atoms with Crippen molar-refractivity contribution in [2.24, 2.45) is 5.92 Å². The Labute approximate surface area is 170 Å². The number of alkyl halides is 3. The van der Waals surface area contributed by atoms with E-state index in [0.29, 0.717) is 6.04 Å². The number of anilines is 1. The maximum absolute atomic E-state index is 13.0. The first-order valence-electron chi connectivity index (χ1n) is 10.4. The van der Waals surface area contributed by atoms with Crippen LogP contribution in [0.5, 0.6) is 5.75 Å². The van der Waals surface area contributed by atoms with Crippen LogP contribution in [0, 0.1) is 5.92 Å². The number of piperidine rings is 1. The van der Waals surface area contributed by atoms with Gasteiger partial charge in [0.15, 0.2) is 0 Å². The van der Waals surface area contributed by atoms with E-state index in [0.717, 1.165) is 64.2 Å². The highest BCUT2D eigenvalue weighted by molar-refractivity contribution is 5.79. The van der Waals surface area contributed by atoms with Crippen LogP contribution in [-0.4, -0.2) is 67.4 Å². The molecule has 0 radical (unpaired) electrons. The summed E-state index contributed by atoms with van der Waals surface area (Å²) in [7, 11) is 0. The molecule has 2 heterocycles. The number of amides is 1. The van der Waals surface area contributed by atoms with Gasteiger partial charge < -0.3 is 14.5 Å². The largest absolute Gasteiger partial charge is 0.573 e. The minimum Gasteiger partial charge on any atom is -0.406 e. The van der Waals surface area contributed by atoms with E-state index < -0.39 is 6.36 Å². The van der Waals surface area contributed by atoms with Gasteiger partial charge in [0.25, 0.3) is 0 Å². The van der Waals surface area contributed by atoms with Crippen molar-refractivity contribution in [3.8, 4) is 5.75 Å². The zero-order valence-electron chi connectivity index (χ0n) is 17.1. The number of carbonyl (C=O) groups is 1. The van der Waals surface area contributed by atoms with Gasteiger partial charge in [-0.2, -0.15) is 0 Å². The number of hydrogen-bond acceptors (Lipinski definition) is 4. The molecule has 0 bridgehead atoms. The summed E-state index contributed by atoms with van der Waals surface area (Å²) in [6.45, 7) is 9.40. The topological polar surface area (TPSA) is 36.0 Å². The average Bonchev–Trinajstić information content (AvgIpc) is 2.93. The molecule has 0 atom stereocenters. The van der Waals surface area contributed by atoms with Crippen molar-refractivity contribution in [1.82, 2.24) is 9.80 Å². The molecule has 2 aliphatic heterocycles. The molecule has 8 heteroatoms. The lowest BCUT2D eigenvalue weighted by Crippen LogP contribution is -2.44. The molecular weight excluding hydrogens is 383 g/mol. The molecule has 0 unspecified atom stereocenters. The van der Waals surface area contributed by atoms with E-state index in [1.54, 1.807) is 12.1 Å². The minimum atomic E-state index is -4.68. The highest BCUT2D eigenvalue weighted by Crippen LogP contribution is 2.28. The lowest BCUT2D eigenvalue weighted by molar-refractivity contribution is -0.274. The van der Waals surface area contributed by atoms with Gasteiger partial charge in [-0.1, -0.05) is 0 Å². The van der Waals surface area contributed by atoms with Gasteiger partial charge in [0, 0.05) is 56.9 Å². The molecule has 162 valence electrons. The highest BCUT2D eigenvalue weighted by atomic mass is 19.4. The normalized spacial score (nSPS) is 20.1. The molecule has 1 aromatic carbocycles. The first kappa shape index (κ1) is 21.7. The van der Waals surface area contributed by atoms with E-state index in [9.17, 15) is 18.0 Å². The molecule has 29 heavy (non-hydrogen) atoms. The first-order valence-corrected chi connectivity index (χ1v) is 10.4. The van der Waals surface area contributed by atoms with Crippen LogP contribution in [-0.2, 0) is 4.79 Å². The Hall–Kier alpha value is -1.96. The number of nitrogens with zero attached hydrogens (tertiary/aromatic N) is 3. The summed E-state index contributed by atoms with van der Waals surface area (Å²) in [5.41, 5.74) is 0.854. The Morgan fingerprint density at radius 1 is 1.00 bits per heavy atom. The summed E-state index contributed by atoms with van der Waals surface area (Å²) in [5, 5.41) is 0. The van der Waals surface area contributed by atoms with Crippen molar-refractivity contribution >= 4 is 11.6 Å². The molecule has 0 spiro atoms. The maximum Gasteiger partial charge on any atom is 0.573 e. The molecule has 5 nitrogen and oxygen atoms in total. The molecule has 3 rings (SSSR count). The van der Waals surface area contributed by atoms with Crippen LogP contribution in [0.25, 0.3) is 0 Å². The number of rotatable bonds is 4. The van der Waals surface area contributed by atoms with E-state index in [1.165, 1.54) is 12.1 Å². The van der Waals surface area contributed by atoms with E-state index >= 15 is 0 Å². The number of carbonyl (C=O) groups excluding carboxylic acids is 1. The fourth-order valence-corrected chi connectivity index (χ4v) is 4.18. The zero-order chi connectivity index (χ0) is 21.0. The molecule has 0 N–H and O–H groups in total. The van der Waals surface area contributed by atoms with Gasteiger partial charge in [-0.3, -0.25) is 9.69 Å². The summed E-state index contributed by atoms with van der Waals surface area (Å²) in [5.74, 6) is 0.0665. The second-order valence-electron chi connectivity index (χ2n) is 8.11. The maximum atomic E-state index is 13.0. The third kappa shape index (κ3) is 6.01. The van der Waals surface area contributed by atoms with Crippen LogP contribution in [0.1, 0.15) is 33.1 Å². The van der Waals surface area contributed by atoms with Gasteiger partial charge in [0.2, 0.25) is 5.91 Å². The van der Waals surface area contributed by atoms with E-state index in [-0.39, 0.29) is 17.6 Å². The van der Waals surface area contributed by atoms with Gasteiger partial charge in [0.05, 0.1) is 0 Å². The number of halogens is 3. The predicted octanol–water partition coefficient (Wildman–Crippen LogP) is 3.74. The summed E-state index contributed by atoms with van der Waals surface area (Å²) in [6, 6.07) is 6.44. The van der Waals surface area contributed by atoms with Gasteiger partial charge >= 0.3 is 6.36 Å². The summed E-state index contributed by atoms with van der Waals surface area (Å²) in [6.07, 6.45) is -2.14. The fourth-order valence-electron chi connectivity index (χ4n) is 4.18. The summed E-state index contributed by atoms with van der Waals surface area (Å²) in [4.78, 5) is 19.5. The lowest BCUT2D eigenvalue weighted by Gasteiger charge is -2.35. The Balaban J connectivity index is 1.50. The van der Waals surface area contributed by atoms with Gasteiger partial charge in [-0.05, 0) is 57.4 Å². The predicted molar refractivity (Wildman–Crippen MR) is 106 cm³/mol. The van der Waals surface area contributed by atoms with Crippen LogP contribution < -0.4 is 9.64 Å². The molecule has 2 aliphatic rings. The summed E-state index contributed by atoms with van der Waals surface area (Å²) >= 11 is 0. The lowest BCUT2D eigenvalue weighted by atomic mass is 9.94. The van der Waals surface area contributed by atoms with Gasteiger partial charge in [0.1, 0.15) is 5.75 Å². The average molecular weight is 413 g/mol. The smallest absolute Gasteiger partial charge is 0.406 e. The molecule has 1 aromatic rings.